The predicted molar refractivity (Wildman–Crippen MR) is 93.0 cm³/mol. The molecule has 7 nitrogen and oxygen atoms in total. The van der Waals surface area contributed by atoms with Crippen molar-refractivity contribution in [3.63, 3.8) is 0 Å². The molecule has 3 amide bonds. The van der Waals surface area contributed by atoms with Gasteiger partial charge in [0.15, 0.2) is 0 Å². The zero-order valence-electron chi connectivity index (χ0n) is 14.5. The number of benzene rings is 1. The first kappa shape index (κ1) is 18.8. The minimum absolute atomic E-state index is 0.0199. The Morgan fingerprint density at radius 2 is 1.76 bits per heavy atom. The van der Waals surface area contributed by atoms with Gasteiger partial charge in [0, 0.05) is 32.1 Å². The highest BCUT2D eigenvalue weighted by Crippen LogP contribution is 2.17. The van der Waals surface area contributed by atoms with E-state index in [0.717, 1.165) is 5.56 Å². The molecule has 1 saturated heterocycles. The monoisotopic (exact) mass is 347 g/mol. The van der Waals surface area contributed by atoms with E-state index in [4.69, 9.17) is 5.11 Å². The molecule has 0 radical (unpaired) electrons. The van der Waals surface area contributed by atoms with Crippen molar-refractivity contribution in [2.75, 3.05) is 19.6 Å². The Bertz CT molecular complexity index is 607. The van der Waals surface area contributed by atoms with Crippen molar-refractivity contribution in [2.24, 2.45) is 5.92 Å². The maximum Gasteiger partial charge on any atom is 0.317 e. The molecule has 1 aliphatic rings. The first-order valence-corrected chi connectivity index (χ1v) is 8.53. The summed E-state index contributed by atoms with van der Waals surface area (Å²) >= 11 is 0. The van der Waals surface area contributed by atoms with Crippen LogP contribution in [0.4, 0.5) is 4.79 Å². The topological polar surface area (TPSA) is 98.7 Å². The molecule has 25 heavy (non-hydrogen) atoms. The summed E-state index contributed by atoms with van der Waals surface area (Å²) in [6, 6.07) is 7.77. The first-order chi connectivity index (χ1) is 12.0. The van der Waals surface area contributed by atoms with Crippen molar-refractivity contribution in [2.45, 2.75) is 32.7 Å². The van der Waals surface area contributed by atoms with Gasteiger partial charge in [-0.05, 0) is 25.3 Å². The van der Waals surface area contributed by atoms with E-state index in [1.54, 1.807) is 4.90 Å². The Hall–Kier alpha value is -2.57. The van der Waals surface area contributed by atoms with Gasteiger partial charge in [-0.15, -0.1) is 0 Å². The number of carbonyl (C=O) groups is 3. The van der Waals surface area contributed by atoms with E-state index in [1.807, 2.05) is 31.2 Å². The van der Waals surface area contributed by atoms with Crippen LogP contribution in [0.1, 0.15) is 30.4 Å². The normalized spacial score (nSPS) is 14.8. The molecule has 0 unspecified atom stereocenters. The van der Waals surface area contributed by atoms with Gasteiger partial charge in [0.2, 0.25) is 5.91 Å². The van der Waals surface area contributed by atoms with Crippen LogP contribution in [0.25, 0.3) is 0 Å². The van der Waals surface area contributed by atoms with Gasteiger partial charge < -0.3 is 20.6 Å². The summed E-state index contributed by atoms with van der Waals surface area (Å²) in [7, 11) is 0. The number of aliphatic carboxylic acids is 1. The number of urea groups is 1. The van der Waals surface area contributed by atoms with Crippen LogP contribution >= 0.6 is 0 Å². The van der Waals surface area contributed by atoms with Gasteiger partial charge in [0.25, 0.3) is 0 Å². The third kappa shape index (κ3) is 6.10. The van der Waals surface area contributed by atoms with Crippen LogP contribution in [0, 0.1) is 12.8 Å². The summed E-state index contributed by atoms with van der Waals surface area (Å²) < 4.78 is 0. The largest absolute Gasteiger partial charge is 0.481 e. The summed E-state index contributed by atoms with van der Waals surface area (Å²) in [5.74, 6) is -1.01. The summed E-state index contributed by atoms with van der Waals surface area (Å²) in [4.78, 5) is 36.3. The van der Waals surface area contributed by atoms with Gasteiger partial charge in [-0.2, -0.15) is 0 Å². The second-order valence-electron chi connectivity index (χ2n) is 6.34. The van der Waals surface area contributed by atoms with Gasteiger partial charge in [-0.3, -0.25) is 9.59 Å². The highest BCUT2D eigenvalue weighted by Gasteiger charge is 2.27. The van der Waals surface area contributed by atoms with Crippen LogP contribution in [-0.4, -0.2) is 47.5 Å². The predicted octanol–water partition coefficient (Wildman–Crippen LogP) is 1.51. The van der Waals surface area contributed by atoms with Gasteiger partial charge >= 0.3 is 12.0 Å². The molecule has 1 fully saturated rings. The standard InChI is InChI=1S/C18H25N3O4/c1-13-2-4-14(5-3-13)12-20-17(24)15-7-10-21(11-8-15)18(25)19-9-6-16(22)23/h2-5,15H,6-12H2,1H3,(H,19,25)(H,20,24)(H,22,23). The molecule has 0 spiro atoms. The second-order valence-corrected chi connectivity index (χ2v) is 6.34. The van der Waals surface area contributed by atoms with E-state index >= 15 is 0 Å². The number of likely N-dealkylation sites (tertiary alicyclic amines) is 1. The molecule has 1 aliphatic heterocycles. The van der Waals surface area contributed by atoms with E-state index in [1.165, 1.54) is 5.56 Å². The first-order valence-electron chi connectivity index (χ1n) is 8.53. The fraction of sp³-hybridized carbons (Fsp3) is 0.500. The quantitative estimate of drug-likeness (QED) is 0.726. The Kier molecular flexibility index (Phi) is 6.80. The second kappa shape index (κ2) is 9.05. The van der Waals surface area contributed by atoms with Crippen LogP contribution in [0.5, 0.6) is 0 Å². The lowest BCUT2D eigenvalue weighted by molar-refractivity contribution is -0.136. The number of nitrogens with zero attached hydrogens (tertiary/aromatic N) is 1. The van der Waals surface area contributed by atoms with Crippen LogP contribution in [-0.2, 0) is 16.1 Å². The number of piperidine rings is 1. The summed E-state index contributed by atoms with van der Waals surface area (Å²) in [5, 5.41) is 14.1. The number of carboxylic acid groups (broad SMARTS) is 1. The van der Waals surface area contributed by atoms with Crippen molar-refractivity contribution < 1.29 is 19.5 Å². The highest BCUT2D eigenvalue weighted by molar-refractivity contribution is 5.79. The molecular weight excluding hydrogens is 322 g/mol. The van der Waals surface area contributed by atoms with Crippen molar-refractivity contribution in [1.29, 1.82) is 0 Å². The molecule has 0 aromatic heterocycles. The lowest BCUT2D eigenvalue weighted by Crippen LogP contribution is -2.47. The van der Waals surface area contributed by atoms with E-state index in [2.05, 4.69) is 10.6 Å². The maximum absolute atomic E-state index is 12.3. The number of nitrogens with one attached hydrogen (secondary N) is 2. The Morgan fingerprint density at radius 3 is 2.36 bits per heavy atom. The smallest absolute Gasteiger partial charge is 0.317 e. The lowest BCUT2D eigenvalue weighted by Gasteiger charge is -2.31. The van der Waals surface area contributed by atoms with Gasteiger partial charge in [0.05, 0.1) is 6.42 Å². The van der Waals surface area contributed by atoms with E-state index in [9.17, 15) is 14.4 Å². The molecule has 3 N–H and O–H groups in total. The summed E-state index contributed by atoms with van der Waals surface area (Å²) in [6.07, 6.45) is 1.14. The fourth-order valence-corrected chi connectivity index (χ4v) is 2.77. The Morgan fingerprint density at radius 1 is 1.12 bits per heavy atom. The molecule has 2 rings (SSSR count). The summed E-state index contributed by atoms with van der Waals surface area (Å²) in [5.41, 5.74) is 2.25. The van der Waals surface area contributed by atoms with Gasteiger partial charge in [-0.1, -0.05) is 29.8 Å². The molecule has 1 aromatic rings. The van der Waals surface area contributed by atoms with Crippen LogP contribution in [0.15, 0.2) is 24.3 Å². The molecule has 0 aliphatic carbocycles. The number of carboxylic acids is 1. The number of hydrogen-bond acceptors (Lipinski definition) is 3. The minimum Gasteiger partial charge on any atom is -0.481 e. The number of rotatable bonds is 6. The SMILES string of the molecule is Cc1ccc(CNC(=O)C2CCN(C(=O)NCCC(=O)O)CC2)cc1. The Labute approximate surface area is 147 Å². The van der Waals surface area contributed by atoms with Gasteiger partial charge in [-0.25, -0.2) is 4.79 Å². The minimum atomic E-state index is -0.941. The molecule has 0 saturated carbocycles. The molecule has 0 bridgehead atoms. The fourth-order valence-electron chi connectivity index (χ4n) is 2.77. The molecule has 1 aromatic carbocycles. The number of hydrogen-bond donors (Lipinski definition) is 3. The van der Waals surface area contributed by atoms with Crippen molar-refractivity contribution in [3.05, 3.63) is 35.4 Å². The average molecular weight is 347 g/mol. The van der Waals surface area contributed by atoms with Gasteiger partial charge in [0.1, 0.15) is 0 Å². The number of amides is 3. The lowest BCUT2D eigenvalue weighted by atomic mass is 9.96. The van der Waals surface area contributed by atoms with Crippen LogP contribution < -0.4 is 10.6 Å². The van der Waals surface area contributed by atoms with Crippen LogP contribution in [0.3, 0.4) is 0 Å². The average Bonchev–Trinajstić information content (AvgIpc) is 2.60. The van der Waals surface area contributed by atoms with E-state index in [0.29, 0.717) is 32.5 Å². The molecule has 136 valence electrons. The van der Waals surface area contributed by atoms with E-state index in [-0.39, 0.29) is 30.8 Å². The van der Waals surface area contributed by atoms with Crippen molar-refractivity contribution >= 4 is 17.9 Å². The Balaban J connectivity index is 1.70. The zero-order chi connectivity index (χ0) is 18.2. The van der Waals surface area contributed by atoms with Crippen molar-refractivity contribution in [1.82, 2.24) is 15.5 Å². The third-order valence-corrected chi connectivity index (χ3v) is 4.36. The van der Waals surface area contributed by atoms with Crippen molar-refractivity contribution in [3.8, 4) is 0 Å². The third-order valence-electron chi connectivity index (χ3n) is 4.36. The molecular formula is C18H25N3O4. The number of aryl methyl sites for hydroxylation is 1. The molecule has 1 heterocycles. The highest BCUT2D eigenvalue weighted by atomic mass is 16.4. The van der Waals surface area contributed by atoms with Crippen LogP contribution in [0.2, 0.25) is 0 Å². The molecule has 7 heteroatoms. The number of carbonyl (C=O) groups excluding carboxylic acids is 2. The van der Waals surface area contributed by atoms with E-state index < -0.39 is 5.97 Å². The summed E-state index contributed by atoms with van der Waals surface area (Å²) in [6.45, 7) is 3.65. The molecule has 0 atom stereocenters. The maximum atomic E-state index is 12.3. The zero-order valence-corrected chi connectivity index (χ0v) is 14.5.